The van der Waals surface area contributed by atoms with E-state index in [-0.39, 0.29) is 16.1 Å². The summed E-state index contributed by atoms with van der Waals surface area (Å²) in [4.78, 5) is 0.0789. The highest BCUT2D eigenvalue weighted by Gasteiger charge is 2.32. The molecular weight excluding hydrogens is 279 g/mol. The lowest BCUT2D eigenvalue weighted by molar-refractivity contribution is 0.222. The van der Waals surface area contributed by atoms with E-state index in [1.165, 1.54) is 23.4 Å². The van der Waals surface area contributed by atoms with E-state index >= 15 is 0 Å². The minimum atomic E-state index is -3.60. The number of aryl methyl sites for hydroxylation is 1. The molecular formula is C14H21FN2O2S. The van der Waals surface area contributed by atoms with Crippen molar-refractivity contribution < 1.29 is 12.8 Å². The van der Waals surface area contributed by atoms with Crippen molar-refractivity contribution in [1.82, 2.24) is 4.31 Å². The third kappa shape index (κ3) is 2.81. The third-order valence-electron chi connectivity index (χ3n) is 3.73. The van der Waals surface area contributed by atoms with Crippen LogP contribution in [0.1, 0.15) is 25.8 Å². The van der Waals surface area contributed by atoms with Crippen molar-refractivity contribution in [3.8, 4) is 0 Å². The second-order valence-electron chi connectivity index (χ2n) is 5.91. The van der Waals surface area contributed by atoms with Gasteiger partial charge in [-0.05, 0) is 42.9 Å². The smallest absolute Gasteiger partial charge is 0.243 e. The number of nitrogen functional groups attached to an aromatic ring is 1. The normalized spacial score (nSPS) is 24.8. The van der Waals surface area contributed by atoms with Crippen LogP contribution in [0.4, 0.5) is 10.1 Å². The van der Waals surface area contributed by atoms with Gasteiger partial charge in [0.25, 0.3) is 0 Å². The Morgan fingerprint density at radius 2 is 1.80 bits per heavy atom. The van der Waals surface area contributed by atoms with Crippen molar-refractivity contribution >= 4 is 15.7 Å². The molecule has 2 rings (SSSR count). The quantitative estimate of drug-likeness (QED) is 0.853. The number of nitrogens with zero attached hydrogens (tertiary/aromatic N) is 1. The Morgan fingerprint density at radius 1 is 1.25 bits per heavy atom. The first kappa shape index (κ1) is 15.3. The molecule has 1 aliphatic heterocycles. The van der Waals surface area contributed by atoms with Gasteiger partial charge in [0.2, 0.25) is 10.0 Å². The average Bonchev–Trinajstić information content (AvgIpc) is 2.34. The molecule has 0 amide bonds. The number of rotatable bonds is 2. The van der Waals surface area contributed by atoms with E-state index in [2.05, 4.69) is 0 Å². The van der Waals surface area contributed by atoms with Gasteiger partial charge in [-0.3, -0.25) is 0 Å². The molecule has 1 saturated heterocycles. The number of nitrogens with two attached hydrogens (primary N) is 1. The van der Waals surface area contributed by atoms with Gasteiger partial charge >= 0.3 is 0 Å². The van der Waals surface area contributed by atoms with Crippen molar-refractivity contribution in [2.24, 2.45) is 11.8 Å². The molecule has 0 aromatic heterocycles. The average molecular weight is 300 g/mol. The minimum Gasteiger partial charge on any atom is -0.396 e. The summed E-state index contributed by atoms with van der Waals surface area (Å²) in [5, 5.41) is 0. The van der Waals surface area contributed by atoms with Crippen LogP contribution in [-0.4, -0.2) is 25.8 Å². The lowest BCUT2D eigenvalue weighted by Crippen LogP contribution is -2.42. The van der Waals surface area contributed by atoms with Gasteiger partial charge < -0.3 is 5.73 Å². The van der Waals surface area contributed by atoms with E-state index in [1.54, 1.807) is 0 Å². The molecule has 6 heteroatoms. The van der Waals surface area contributed by atoms with Crippen molar-refractivity contribution in [2.75, 3.05) is 18.8 Å². The van der Waals surface area contributed by atoms with Gasteiger partial charge in [-0.15, -0.1) is 0 Å². The van der Waals surface area contributed by atoms with Crippen LogP contribution in [0.15, 0.2) is 17.0 Å². The summed E-state index contributed by atoms with van der Waals surface area (Å²) in [7, 11) is -3.60. The van der Waals surface area contributed by atoms with Gasteiger partial charge in [-0.2, -0.15) is 4.31 Å². The van der Waals surface area contributed by atoms with Crippen LogP contribution in [0.25, 0.3) is 0 Å². The standard InChI is InChI=1S/C14H21FN2O2S/c1-9-4-10(2)8-17(7-9)20(18,19)12-5-11(3)14(15)13(16)6-12/h5-6,9-10H,4,7-8,16H2,1-3H3. The van der Waals surface area contributed by atoms with Crippen LogP contribution in [0.5, 0.6) is 0 Å². The number of piperidine rings is 1. The van der Waals surface area contributed by atoms with E-state index in [0.29, 0.717) is 24.9 Å². The Bertz CT molecular complexity index is 583. The van der Waals surface area contributed by atoms with Crippen LogP contribution in [0, 0.1) is 24.6 Å². The second-order valence-corrected chi connectivity index (χ2v) is 7.85. The summed E-state index contributed by atoms with van der Waals surface area (Å²) in [6, 6.07) is 2.56. The Hall–Kier alpha value is -1.14. The number of hydrogen-bond acceptors (Lipinski definition) is 3. The van der Waals surface area contributed by atoms with Crippen molar-refractivity contribution in [1.29, 1.82) is 0 Å². The van der Waals surface area contributed by atoms with Gasteiger partial charge in [0, 0.05) is 13.1 Å². The third-order valence-corrected chi connectivity index (χ3v) is 5.54. The van der Waals surface area contributed by atoms with E-state index in [0.717, 1.165) is 6.42 Å². The maximum atomic E-state index is 13.5. The van der Waals surface area contributed by atoms with E-state index < -0.39 is 15.8 Å². The Labute approximate surface area is 119 Å². The Morgan fingerprint density at radius 3 is 2.30 bits per heavy atom. The maximum absolute atomic E-state index is 13.5. The van der Waals surface area contributed by atoms with Gasteiger partial charge in [0.05, 0.1) is 10.6 Å². The van der Waals surface area contributed by atoms with Crippen LogP contribution >= 0.6 is 0 Å². The molecule has 1 aromatic carbocycles. The van der Waals surface area contributed by atoms with Crippen LogP contribution < -0.4 is 5.73 Å². The summed E-state index contributed by atoms with van der Waals surface area (Å²) in [5.41, 5.74) is 5.67. The summed E-state index contributed by atoms with van der Waals surface area (Å²) in [6.07, 6.45) is 1.02. The molecule has 0 aliphatic carbocycles. The molecule has 20 heavy (non-hydrogen) atoms. The fourth-order valence-corrected chi connectivity index (χ4v) is 4.66. The van der Waals surface area contributed by atoms with E-state index in [4.69, 9.17) is 5.73 Å². The number of halogens is 1. The van der Waals surface area contributed by atoms with Crippen LogP contribution in [0.2, 0.25) is 0 Å². The lowest BCUT2D eigenvalue weighted by Gasteiger charge is -2.34. The second kappa shape index (κ2) is 5.33. The van der Waals surface area contributed by atoms with Crippen molar-refractivity contribution in [3.05, 3.63) is 23.5 Å². The SMILES string of the molecule is Cc1cc(S(=O)(=O)N2CC(C)CC(C)C2)cc(N)c1F. The first-order valence-electron chi connectivity index (χ1n) is 6.77. The molecule has 4 nitrogen and oxygen atoms in total. The highest BCUT2D eigenvalue weighted by atomic mass is 32.2. The molecule has 1 aromatic rings. The zero-order valence-corrected chi connectivity index (χ0v) is 12.9. The molecule has 2 atom stereocenters. The predicted octanol–water partition coefficient (Wildman–Crippen LogP) is 2.38. The molecule has 0 bridgehead atoms. The Kier molecular flexibility index (Phi) is 4.07. The lowest BCUT2D eigenvalue weighted by atomic mass is 9.94. The number of hydrogen-bond donors (Lipinski definition) is 1. The molecule has 2 N–H and O–H groups in total. The zero-order chi connectivity index (χ0) is 15.1. The van der Waals surface area contributed by atoms with Gasteiger partial charge in [0.15, 0.2) is 0 Å². The summed E-state index contributed by atoms with van der Waals surface area (Å²) >= 11 is 0. The molecule has 1 aliphatic rings. The summed E-state index contributed by atoms with van der Waals surface area (Å²) < 4.78 is 40.3. The largest absolute Gasteiger partial charge is 0.396 e. The topological polar surface area (TPSA) is 63.4 Å². The van der Waals surface area contributed by atoms with Crippen LogP contribution in [-0.2, 0) is 10.0 Å². The number of anilines is 1. The first-order chi connectivity index (χ1) is 9.21. The maximum Gasteiger partial charge on any atom is 0.243 e. The van der Waals surface area contributed by atoms with Crippen molar-refractivity contribution in [3.63, 3.8) is 0 Å². The van der Waals surface area contributed by atoms with Gasteiger partial charge in [-0.25, -0.2) is 12.8 Å². The number of benzene rings is 1. The predicted molar refractivity (Wildman–Crippen MR) is 77.3 cm³/mol. The highest BCUT2D eigenvalue weighted by molar-refractivity contribution is 7.89. The molecule has 112 valence electrons. The molecule has 0 spiro atoms. The Balaban J connectivity index is 2.40. The van der Waals surface area contributed by atoms with Crippen LogP contribution in [0.3, 0.4) is 0 Å². The van der Waals surface area contributed by atoms with Crippen molar-refractivity contribution in [2.45, 2.75) is 32.1 Å². The monoisotopic (exact) mass is 300 g/mol. The molecule has 1 heterocycles. The minimum absolute atomic E-state index is 0.0789. The summed E-state index contributed by atoms with van der Waals surface area (Å²) in [6.45, 7) is 6.61. The molecule has 0 radical (unpaired) electrons. The molecule has 2 unspecified atom stereocenters. The van der Waals surface area contributed by atoms with Gasteiger partial charge in [-0.1, -0.05) is 13.8 Å². The van der Waals surface area contributed by atoms with Gasteiger partial charge in [0.1, 0.15) is 5.82 Å². The van der Waals surface area contributed by atoms with E-state index in [9.17, 15) is 12.8 Å². The zero-order valence-electron chi connectivity index (χ0n) is 12.1. The fraction of sp³-hybridized carbons (Fsp3) is 0.571. The summed E-state index contributed by atoms with van der Waals surface area (Å²) in [5.74, 6) is 0.101. The van der Waals surface area contributed by atoms with E-state index in [1.807, 2.05) is 13.8 Å². The highest BCUT2D eigenvalue weighted by Crippen LogP contribution is 2.28. The number of sulfonamides is 1. The fourth-order valence-electron chi connectivity index (χ4n) is 2.86. The molecule has 1 fully saturated rings. The molecule has 0 saturated carbocycles. The first-order valence-corrected chi connectivity index (χ1v) is 8.21.